The molecule has 0 amide bonds. The molecule has 1 aliphatic heterocycles. The molecule has 4 nitrogen and oxygen atoms in total. The van der Waals surface area contributed by atoms with Crippen LogP contribution < -0.4 is 0 Å². The number of β-amino-alcohol motifs (C(OH)–C–C–N with tert-alkyl or cyclic N) is 1. The number of hydrogen-bond donors (Lipinski definition) is 1. The van der Waals surface area contributed by atoms with E-state index in [1.165, 1.54) is 6.08 Å². The van der Waals surface area contributed by atoms with Gasteiger partial charge in [-0.15, -0.1) is 0 Å². The number of carbonyl (C=O) groups excluding carboxylic acids is 1. The van der Waals surface area contributed by atoms with Crippen LogP contribution in [0.2, 0.25) is 0 Å². The highest BCUT2D eigenvalue weighted by Crippen LogP contribution is 2.14. The van der Waals surface area contributed by atoms with Crippen LogP contribution in [0.1, 0.15) is 6.42 Å². The van der Waals surface area contributed by atoms with Gasteiger partial charge in [-0.3, -0.25) is 0 Å². The van der Waals surface area contributed by atoms with E-state index in [1.54, 1.807) is 0 Å². The predicted octanol–water partition coefficient (Wildman–Crippen LogP) is 0.350. The molecular weight excluding hydrogens is 180 g/mol. The molecule has 0 atom stereocenters. The van der Waals surface area contributed by atoms with E-state index in [0.717, 1.165) is 6.29 Å². The summed E-state index contributed by atoms with van der Waals surface area (Å²) in [5.74, 6) is 0.576. The molecule has 0 radical (unpaired) electrons. The first-order valence-corrected chi connectivity index (χ1v) is 4.43. The molecule has 0 aliphatic carbocycles. The van der Waals surface area contributed by atoms with Crippen LogP contribution in [0, 0.1) is 0 Å². The largest absolute Gasteiger partial charge is 0.389 e. The van der Waals surface area contributed by atoms with Crippen LogP contribution in [-0.4, -0.2) is 41.2 Å². The third kappa shape index (κ3) is 2.53. The fourth-order valence-electron chi connectivity index (χ4n) is 1.16. The van der Waals surface area contributed by atoms with Crippen molar-refractivity contribution in [3.63, 3.8) is 0 Å². The summed E-state index contributed by atoms with van der Waals surface area (Å²) in [6.07, 6.45) is 2.29. The van der Waals surface area contributed by atoms with Crippen LogP contribution in [0.5, 0.6) is 0 Å². The van der Waals surface area contributed by atoms with Crippen LogP contribution >= 0.6 is 0 Å². The van der Waals surface area contributed by atoms with Gasteiger partial charge in [-0.1, -0.05) is 13.2 Å². The van der Waals surface area contributed by atoms with Gasteiger partial charge in [-0.05, 0) is 6.08 Å². The Bertz CT molecular complexity index is 278. The number of carbonyl (C=O) groups is 1. The minimum Gasteiger partial charge on any atom is -0.389 e. The molecule has 1 saturated heterocycles. The summed E-state index contributed by atoms with van der Waals surface area (Å²) >= 11 is 0. The Labute approximate surface area is 83.2 Å². The van der Waals surface area contributed by atoms with E-state index in [9.17, 15) is 4.79 Å². The van der Waals surface area contributed by atoms with Gasteiger partial charge < -0.3 is 14.8 Å². The minimum atomic E-state index is -0.278. The highest BCUT2D eigenvalue weighted by Gasteiger charge is 2.24. The van der Waals surface area contributed by atoms with Gasteiger partial charge >= 0.3 is 0 Å². The maximum absolute atomic E-state index is 10.2. The lowest BCUT2D eigenvalue weighted by Crippen LogP contribution is -2.49. The van der Waals surface area contributed by atoms with Crippen molar-refractivity contribution in [2.75, 3.05) is 13.1 Å². The molecule has 0 bridgehead atoms. The number of nitrogens with zero attached hydrogens (tertiary/aromatic N) is 2. The quantitative estimate of drug-likeness (QED) is 0.507. The van der Waals surface area contributed by atoms with Crippen LogP contribution in [-0.2, 0) is 4.79 Å². The number of rotatable bonds is 5. The van der Waals surface area contributed by atoms with E-state index < -0.39 is 0 Å². The van der Waals surface area contributed by atoms with Crippen molar-refractivity contribution in [1.29, 1.82) is 0 Å². The van der Waals surface area contributed by atoms with Gasteiger partial charge in [0, 0.05) is 25.2 Å². The lowest BCUT2D eigenvalue weighted by molar-refractivity contribution is -0.106. The van der Waals surface area contributed by atoms with E-state index in [-0.39, 0.29) is 12.5 Å². The first-order valence-electron chi connectivity index (χ1n) is 4.43. The summed E-state index contributed by atoms with van der Waals surface area (Å²) in [7, 11) is 0. The number of hydrogen-bond acceptors (Lipinski definition) is 4. The molecule has 0 spiro atoms. The fraction of sp³-hybridized carbons (Fsp3) is 0.400. The third-order valence-electron chi connectivity index (χ3n) is 2.03. The summed E-state index contributed by atoms with van der Waals surface area (Å²) in [4.78, 5) is 16.2. The van der Waals surface area contributed by atoms with Crippen molar-refractivity contribution in [3.05, 3.63) is 25.1 Å². The predicted molar refractivity (Wildman–Crippen MR) is 55.0 cm³/mol. The van der Waals surface area contributed by atoms with Gasteiger partial charge in [-0.25, -0.2) is 4.99 Å². The molecule has 0 saturated carbocycles. The molecule has 0 unspecified atom stereocenters. The lowest BCUT2D eigenvalue weighted by Gasteiger charge is -2.37. The number of likely N-dealkylation sites (tertiary alicyclic amines) is 1. The van der Waals surface area contributed by atoms with Gasteiger partial charge in [0.1, 0.15) is 12.1 Å². The van der Waals surface area contributed by atoms with E-state index in [4.69, 9.17) is 5.11 Å². The second kappa shape index (κ2) is 4.72. The molecule has 1 N–H and O–H groups in total. The summed E-state index contributed by atoms with van der Waals surface area (Å²) in [6, 6.07) is 0. The number of aldehydes is 1. The van der Waals surface area contributed by atoms with E-state index in [1.807, 2.05) is 4.90 Å². The van der Waals surface area contributed by atoms with Crippen LogP contribution in [0.15, 0.2) is 30.0 Å². The van der Waals surface area contributed by atoms with E-state index >= 15 is 0 Å². The maximum atomic E-state index is 10.2. The Morgan fingerprint density at radius 1 is 1.64 bits per heavy atom. The monoisotopic (exact) mass is 194 g/mol. The standard InChI is InChI=1S/C10H14N2O2/c1-3-9(4-5-13)11-8(2)12-6-10(14)7-12/h3,5,10,14H,1-2,4,6-7H2/b11-9+. The van der Waals surface area contributed by atoms with Crippen molar-refractivity contribution in [1.82, 2.24) is 4.90 Å². The lowest BCUT2D eigenvalue weighted by atomic mass is 10.2. The maximum Gasteiger partial charge on any atom is 0.125 e. The Balaban J connectivity index is 2.51. The number of allylic oxidation sites excluding steroid dienone is 1. The molecule has 0 aromatic rings. The Morgan fingerprint density at radius 2 is 2.29 bits per heavy atom. The zero-order valence-electron chi connectivity index (χ0n) is 8.02. The molecule has 14 heavy (non-hydrogen) atoms. The molecular formula is C10H14N2O2. The smallest absolute Gasteiger partial charge is 0.125 e. The van der Waals surface area contributed by atoms with E-state index in [0.29, 0.717) is 24.6 Å². The first-order chi connectivity index (χ1) is 6.67. The van der Waals surface area contributed by atoms with Crippen molar-refractivity contribution in [2.24, 2.45) is 4.99 Å². The number of aliphatic imine (C=N–C) groups is 1. The molecule has 1 fully saturated rings. The van der Waals surface area contributed by atoms with Gasteiger partial charge in [0.15, 0.2) is 0 Å². The molecule has 0 aromatic heterocycles. The summed E-state index contributed by atoms with van der Waals surface area (Å²) in [5.41, 5.74) is 0.603. The summed E-state index contributed by atoms with van der Waals surface area (Å²) in [6.45, 7) is 8.42. The Morgan fingerprint density at radius 3 is 2.71 bits per heavy atom. The second-order valence-electron chi connectivity index (χ2n) is 3.15. The van der Waals surface area contributed by atoms with E-state index in [2.05, 4.69) is 18.2 Å². The van der Waals surface area contributed by atoms with Crippen LogP contribution in [0.3, 0.4) is 0 Å². The van der Waals surface area contributed by atoms with Gasteiger partial charge in [0.05, 0.1) is 6.10 Å². The zero-order chi connectivity index (χ0) is 10.6. The average Bonchev–Trinajstić information content (AvgIpc) is 2.12. The first kappa shape index (κ1) is 10.7. The fourth-order valence-corrected chi connectivity index (χ4v) is 1.16. The third-order valence-corrected chi connectivity index (χ3v) is 2.03. The summed E-state index contributed by atoms with van der Waals surface area (Å²) in [5, 5.41) is 9.05. The Hall–Kier alpha value is -1.42. The van der Waals surface area contributed by atoms with Gasteiger partial charge in [0.25, 0.3) is 0 Å². The van der Waals surface area contributed by atoms with Crippen molar-refractivity contribution in [3.8, 4) is 0 Å². The Kier molecular flexibility index (Phi) is 3.59. The van der Waals surface area contributed by atoms with Gasteiger partial charge in [0.2, 0.25) is 0 Å². The van der Waals surface area contributed by atoms with Crippen molar-refractivity contribution < 1.29 is 9.90 Å². The van der Waals surface area contributed by atoms with Gasteiger partial charge in [-0.2, -0.15) is 0 Å². The normalized spacial score (nSPS) is 17.5. The van der Waals surface area contributed by atoms with Crippen LogP contribution in [0.25, 0.3) is 0 Å². The number of aliphatic hydroxyl groups excluding tert-OH is 1. The molecule has 4 heteroatoms. The summed E-state index contributed by atoms with van der Waals surface area (Å²) < 4.78 is 0. The molecule has 1 aliphatic rings. The highest BCUT2D eigenvalue weighted by atomic mass is 16.3. The second-order valence-corrected chi connectivity index (χ2v) is 3.15. The SMILES string of the molecule is C=C/C(CC=O)=N\C(=C)N1CC(O)C1. The van der Waals surface area contributed by atoms with Crippen molar-refractivity contribution >= 4 is 12.0 Å². The van der Waals surface area contributed by atoms with Crippen LogP contribution in [0.4, 0.5) is 0 Å². The molecule has 1 rings (SSSR count). The zero-order valence-corrected chi connectivity index (χ0v) is 8.02. The molecule has 0 aromatic carbocycles. The topological polar surface area (TPSA) is 52.9 Å². The minimum absolute atomic E-state index is 0.249. The number of aliphatic hydroxyl groups is 1. The van der Waals surface area contributed by atoms with Crippen molar-refractivity contribution in [2.45, 2.75) is 12.5 Å². The molecule has 76 valence electrons. The highest BCUT2D eigenvalue weighted by molar-refractivity contribution is 6.02. The average molecular weight is 194 g/mol. The molecule has 1 heterocycles.